The van der Waals surface area contributed by atoms with Crippen LogP contribution in [-0.4, -0.2) is 55.4 Å². The van der Waals surface area contributed by atoms with E-state index in [1.54, 1.807) is 14.2 Å². The zero-order chi connectivity index (χ0) is 14.4. The van der Waals surface area contributed by atoms with Crippen LogP contribution in [0.4, 0.5) is 5.95 Å². The van der Waals surface area contributed by atoms with Crippen LogP contribution >= 0.6 is 0 Å². The van der Waals surface area contributed by atoms with E-state index >= 15 is 0 Å². The number of rotatable bonds is 6. The Hall–Kier alpha value is -1.63. The van der Waals surface area contributed by atoms with Crippen molar-refractivity contribution < 1.29 is 9.47 Å². The van der Waals surface area contributed by atoms with Gasteiger partial charge in [-0.25, -0.2) is 0 Å². The van der Waals surface area contributed by atoms with Crippen molar-refractivity contribution in [2.75, 3.05) is 45.3 Å². The van der Waals surface area contributed by atoms with Crippen molar-refractivity contribution in [1.82, 2.24) is 20.3 Å². The normalized spacial score (nSPS) is 15.9. The largest absolute Gasteiger partial charge is 0.467 e. The number of aromatic nitrogens is 3. The Morgan fingerprint density at radius 3 is 2.20 bits per heavy atom. The highest BCUT2D eigenvalue weighted by Crippen LogP contribution is 2.20. The SMILES string of the molecule is CCN(CC1CCNCC1)c1nc(OC)nc(OC)n1. The van der Waals surface area contributed by atoms with Gasteiger partial charge in [0.25, 0.3) is 0 Å². The maximum atomic E-state index is 5.10. The molecule has 7 heteroatoms. The molecule has 0 bridgehead atoms. The number of piperidine rings is 1. The van der Waals surface area contributed by atoms with Gasteiger partial charge in [0.1, 0.15) is 0 Å². The van der Waals surface area contributed by atoms with Gasteiger partial charge in [-0.2, -0.15) is 9.97 Å². The summed E-state index contributed by atoms with van der Waals surface area (Å²) < 4.78 is 10.2. The van der Waals surface area contributed by atoms with Gasteiger partial charge in [-0.05, 0) is 38.8 Å². The van der Waals surface area contributed by atoms with Crippen molar-refractivity contribution in [2.24, 2.45) is 5.92 Å². The molecule has 0 amide bonds. The fraction of sp³-hybridized carbons (Fsp3) is 0.769. The van der Waals surface area contributed by atoms with Crippen LogP contribution in [0.2, 0.25) is 0 Å². The second-order valence-corrected chi connectivity index (χ2v) is 4.84. The van der Waals surface area contributed by atoms with Gasteiger partial charge in [-0.15, -0.1) is 4.98 Å². The molecular formula is C13H23N5O2. The predicted molar refractivity (Wildman–Crippen MR) is 76.4 cm³/mol. The summed E-state index contributed by atoms with van der Waals surface area (Å²) in [6, 6.07) is 0.575. The highest BCUT2D eigenvalue weighted by atomic mass is 16.5. The highest BCUT2D eigenvalue weighted by Gasteiger charge is 2.19. The van der Waals surface area contributed by atoms with Crippen LogP contribution in [-0.2, 0) is 0 Å². The van der Waals surface area contributed by atoms with Gasteiger partial charge < -0.3 is 19.7 Å². The molecule has 0 aliphatic carbocycles. The van der Waals surface area contributed by atoms with E-state index in [0.717, 1.165) is 26.2 Å². The Kier molecular flexibility index (Phi) is 5.34. The summed E-state index contributed by atoms with van der Waals surface area (Å²) in [6.45, 7) is 6.08. The first-order valence-corrected chi connectivity index (χ1v) is 7.06. The summed E-state index contributed by atoms with van der Waals surface area (Å²) in [6.07, 6.45) is 2.38. The molecule has 20 heavy (non-hydrogen) atoms. The molecule has 2 heterocycles. The quantitative estimate of drug-likeness (QED) is 0.823. The van der Waals surface area contributed by atoms with Gasteiger partial charge >= 0.3 is 12.0 Å². The van der Waals surface area contributed by atoms with Gasteiger partial charge in [0.05, 0.1) is 14.2 Å². The summed E-state index contributed by atoms with van der Waals surface area (Å²) in [5, 5.41) is 3.38. The van der Waals surface area contributed by atoms with Gasteiger partial charge in [-0.1, -0.05) is 0 Å². The summed E-state index contributed by atoms with van der Waals surface area (Å²) in [4.78, 5) is 14.8. The Labute approximate surface area is 119 Å². The van der Waals surface area contributed by atoms with Crippen LogP contribution in [0.3, 0.4) is 0 Å². The fourth-order valence-corrected chi connectivity index (χ4v) is 2.38. The van der Waals surface area contributed by atoms with Gasteiger partial charge in [0, 0.05) is 13.1 Å². The van der Waals surface area contributed by atoms with Crippen LogP contribution in [0.1, 0.15) is 19.8 Å². The molecule has 0 spiro atoms. The van der Waals surface area contributed by atoms with Crippen LogP contribution < -0.4 is 19.7 Å². The number of methoxy groups -OCH3 is 2. The van der Waals surface area contributed by atoms with Crippen molar-refractivity contribution in [3.8, 4) is 12.0 Å². The van der Waals surface area contributed by atoms with E-state index < -0.39 is 0 Å². The molecule has 1 aromatic rings. The second kappa shape index (κ2) is 7.23. The molecule has 1 aliphatic heterocycles. The van der Waals surface area contributed by atoms with E-state index in [2.05, 4.69) is 32.1 Å². The highest BCUT2D eigenvalue weighted by molar-refractivity contribution is 5.32. The third kappa shape index (κ3) is 3.69. The first-order valence-electron chi connectivity index (χ1n) is 7.06. The molecule has 1 aromatic heterocycles. The molecule has 1 fully saturated rings. The summed E-state index contributed by atoms with van der Waals surface area (Å²) in [5.74, 6) is 1.29. The second-order valence-electron chi connectivity index (χ2n) is 4.84. The van der Waals surface area contributed by atoms with E-state index in [9.17, 15) is 0 Å². The maximum absolute atomic E-state index is 5.10. The van der Waals surface area contributed by atoms with Crippen molar-refractivity contribution >= 4 is 5.95 Å². The monoisotopic (exact) mass is 281 g/mol. The molecule has 0 atom stereocenters. The van der Waals surface area contributed by atoms with Crippen molar-refractivity contribution in [3.05, 3.63) is 0 Å². The Morgan fingerprint density at radius 1 is 1.10 bits per heavy atom. The molecule has 112 valence electrons. The molecule has 0 aromatic carbocycles. The van der Waals surface area contributed by atoms with Crippen molar-refractivity contribution in [3.63, 3.8) is 0 Å². The molecule has 0 saturated carbocycles. The average Bonchev–Trinajstić information content (AvgIpc) is 2.53. The molecule has 0 unspecified atom stereocenters. The fourth-order valence-electron chi connectivity index (χ4n) is 2.38. The van der Waals surface area contributed by atoms with E-state index in [1.165, 1.54) is 12.8 Å². The Balaban J connectivity index is 2.12. The molecule has 1 saturated heterocycles. The lowest BCUT2D eigenvalue weighted by atomic mass is 9.98. The van der Waals surface area contributed by atoms with Crippen LogP contribution in [0.15, 0.2) is 0 Å². The summed E-state index contributed by atoms with van der Waals surface area (Å²) >= 11 is 0. The minimum Gasteiger partial charge on any atom is -0.467 e. The van der Waals surface area contributed by atoms with E-state index in [1.807, 2.05) is 0 Å². The van der Waals surface area contributed by atoms with E-state index in [-0.39, 0.29) is 12.0 Å². The molecule has 2 rings (SSSR count). The van der Waals surface area contributed by atoms with Crippen molar-refractivity contribution in [2.45, 2.75) is 19.8 Å². The predicted octanol–water partition coefficient (Wildman–Crippen LogP) is 0.715. The topological polar surface area (TPSA) is 72.4 Å². The average molecular weight is 281 g/mol. The zero-order valence-corrected chi connectivity index (χ0v) is 12.4. The van der Waals surface area contributed by atoms with Crippen LogP contribution in [0, 0.1) is 5.92 Å². The van der Waals surface area contributed by atoms with Gasteiger partial charge in [0.2, 0.25) is 5.95 Å². The molecular weight excluding hydrogens is 258 g/mol. The number of hydrogen-bond donors (Lipinski definition) is 1. The van der Waals surface area contributed by atoms with Crippen LogP contribution in [0.25, 0.3) is 0 Å². The lowest BCUT2D eigenvalue weighted by molar-refractivity contribution is 0.337. The van der Waals surface area contributed by atoms with Crippen molar-refractivity contribution in [1.29, 1.82) is 0 Å². The number of nitrogens with zero attached hydrogens (tertiary/aromatic N) is 4. The zero-order valence-electron chi connectivity index (χ0n) is 12.4. The molecule has 1 aliphatic rings. The minimum absolute atomic E-state index is 0.288. The van der Waals surface area contributed by atoms with E-state index in [0.29, 0.717) is 11.9 Å². The van der Waals surface area contributed by atoms with Gasteiger partial charge in [-0.3, -0.25) is 0 Å². The third-order valence-corrected chi connectivity index (χ3v) is 3.55. The van der Waals surface area contributed by atoms with Gasteiger partial charge in [0.15, 0.2) is 0 Å². The first kappa shape index (κ1) is 14.8. The standard InChI is InChI=1S/C13H23N5O2/c1-4-18(9-10-5-7-14-8-6-10)11-15-12(19-2)17-13(16-11)20-3/h10,14H,4-9H2,1-3H3. The number of ether oxygens (including phenoxy) is 2. The number of nitrogens with one attached hydrogen (secondary N) is 1. The summed E-state index contributed by atoms with van der Waals surface area (Å²) in [5.41, 5.74) is 0. The first-order chi connectivity index (χ1) is 9.76. The lowest BCUT2D eigenvalue weighted by Gasteiger charge is -2.29. The molecule has 7 nitrogen and oxygen atoms in total. The lowest BCUT2D eigenvalue weighted by Crippen LogP contribution is -2.37. The molecule has 1 N–H and O–H groups in total. The smallest absolute Gasteiger partial charge is 0.324 e. The third-order valence-electron chi connectivity index (χ3n) is 3.55. The Bertz CT molecular complexity index is 401. The summed E-state index contributed by atoms with van der Waals surface area (Å²) in [7, 11) is 3.09. The minimum atomic E-state index is 0.288. The number of hydrogen-bond acceptors (Lipinski definition) is 7. The molecule has 0 radical (unpaired) electrons. The van der Waals surface area contributed by atoms with Crippen LogP contribution in [0.5, 0.6) is 12.0 Å². The Morgan fingerprint density at radius 2 is 1.70 bits per heavy atom. The maximum Gasteiger partial charge on any atom is 0.324 e. The number of anilines is 1. The van der Waals surface area contributed by atoms with E-state index in [4.69, 9.17) is 9.47 Å².